The van der Waals surface area contributed by atoms with Gasteiger partial charge in [0.2, 0.25) is 0 Å². The lowest BCUT2D eigenvalue weighted by Gasteiger charge is -2.11. The van der Waals surface area contributed by atoms with Gasteiger partial charge >= 0.3 is 0 Å². The number of pyridine rings is 1. The third-order valence-electron chi connectivity index (χ3n) is 4.43. The van der Waals surface area contributed by atoms with Crippen molar-refractivity contribution in [3.05, 3.63) is 65.2 Å². The molecule has 0 spiro atoms. The van der Waals surface area contributed by atoms with Crippen molar-refractivity contribution >= 4 is 28.4 Å². The number of nitrogens with zero attached hydrogens (tertiary/aromatic N) is 1. The third-order valence-corrected chi connectivity index (χ3v) is 4.76. The van der Waals surface area contributed by atoms with Crippen LogP contribution in [0.4, 0.5) is 0 Å². The largest absolute Gasteiger partial charge is 0.352 e. The van der Waals surface area contributed by atoms with E-state index in [9.17, 15) is 4.79 Å². The van der Waals surface area contributed by atoms with Crippen molar-refractivity contribution in [1.29, 1.82) is 0 Å². The number of rotatable bonds is 7. The number of nitrogens with one attached hydrogen (secondary N) is 1. The lowest BCUT2D eigenvalue weighted by atomic mass is 10.0. The van der Waals surface area contributed by atoms with Crippen molar-refractivity contribution in [3.8, 4) is 11.3 Å². The van der Waals surface area contributed by atoms with Crippen molar-refractivity contribution in [2.45, 2.75) is 32.6 Å². The number of para-hydroxylation sites is 1. The molecule has 0 bridgehead atoms. The van der Waals surface area contributed by atoms with Gasteiger partial charge in [0.25, 0.3) is 5.91 Å². The van der Waals surface area contributed by atoms with Crippen molar-refractivity contribution in [1.82, 2.24) is 10.3 Å². The summed E-state index contributed by atoms with van der Waals surface area (Å²) in [6.45, 7) is 2.87. The Morgan fingerprint density at radius 1 is 1.04 bits per heavy atom. The summed E-state index contributed by atoms with van der Waals surface area (Å²) in [5, 5.41) is 4.53. The van der Waals surface area contributed by atoms with Crippen LogP contribution in [0.5, 0.6) is 0 Å². The van der Waals surface area contributed by atoms with Crippen LogP contribution in [0.2, 0.25) is 5.02 Å². The van der Waals surface area contributed by atoms with Crippen LogP contribution in [0.15, 0.2) is 54.6 Å². The topological polar surface area (TPSA) is 42.0 Å². The number of amides is 1. The molecule has 2 aromatic carbocycles. The predicted octanol–water partition coefficient (Wildman–Crippen LogP) is 5.87. The quantitative estimate of drug-likeness (QED) is 0.531. The average molecular weight is 367 g/mol. The molecule has 0 aliphatic rings. The molecule has 0 saturated heterocycles. The van der Waals surface area contributed by atoms with Crippen molar-refractivity contribution in [2.75, 3.05) is 6.54 Å². The van der Waals surface area contributed by atoms with Gasteiger partial charge in [-0.2, -0.15) is 0 Å². The number of fused-ring (bicyclic) bond motifs is 1. The maximum atomic E-state index is 12.8. The van der Waals surface area contributed by atoms with Crippen molar-refractivity contribution < 1.29 is 4.79 Å². The molecule has 1 heterocycles. The Morgan fingerprint density at radius 3 is 2.62 bits per heavy atom. The van der Waals surface area contributed by atoms with Crippen LogP contribution in [0.3, 0.4) is 0 Å². The molecule has 3 rings (SSSR count). The molecule has 1 amide bonds. The van der Waals surface area contributed by atoms with Gasteiger partial charge in [0.05, 0.1) is 16.8 Å². The number of unbranched alkanes of at least 4 members (excludes halogenated alkanes) is 3. The number of carbonyl (C=O) groups excluding carboxylic acids is 1. The Labute approximate surface area is 159 Å². The molecule has 0 aliphatic heterocycles. The molecule has 0 radical (unpaired) electrons. The van der Waals surface area contributed by atoms with Gasteiger partial charge in [-0.15, -0.1) is 0 Å². The molecule has 4 heteroatoms. The second-order valence-electron chi connectivity index (χ2n) is 6.37. The summed E-state index contributed by atoms with van der Waals surface area (Å²) in [6, 6.07) is 17.1. The van der Waals surface area contributed by atoms with Crippen LogP contribution in [0.25, 0.3) is 22.2 Å². The predicted molar refractivity (Wildman–Crippen MR) is 109 cm³/mol. The lowest BCUT2D eigenvalue weighted by Crippen LogP contribution is -2.24. The summed E-state index contributed by atoms with van der Waals surface area (Å²) in [5.74, 6) is -0.0617. The van der Waals surface area contributed by atoms with E-state index in [1.807, 2.05) is 54.6 Å². The molecule has 26 heavy (non-hydrogen) atoms. The molecule has 134 valence electrons. The van der Waals surface area contributed by atoms with Crippen LogP contribution in [0.1, 0.15) is 43.0 Å². The van der Waals surface area contributed by atoms with E-state index < -0.39 is 0 Å². The van der Waals surface area contributed by atoms with Gasteiger partial charge in [-0.3, -0.25) is 4.79 Å². The van der Waals surface area contributed by atoms with Gasteiger partial charge in [-0.25, -0.2) is 4.98 Å². The molecule has 0 atom stereocenters. The smallest absolute Gasteiger partial charge is 0.252 e. The minimum absolute atomic E-state index is 0.0617. The van der Waals surface area contributed by atoms with E-state index >= 15 is 0 Å². The molecule has 1 N–H and O–H groups in total. The summed E-state index contributed by atoms with van der Waals surface area (Å²) in [6.07, 6.45) is 4.52. The first kappa shape index (κ1) is 18.4. The zero-order valence-electron chi connectivity index (χ0n) is 15.0. The number of benzene rings is 2. The average Bonchev–Trinajstić information content (AvgIpc) is 2.67. The number of halogens is 1. The molecule has 0 aliphatic carbocycles. The maximum Gasteiger partial charge on any atom is 0.252 e. The standard InChI is InChI=1S/C22H23ClN2O/c1-2-3-4-9-14-24-22(26)18-15-21(17-11-5-7-12-19(17)23)25-20-13-8-6-10-16(18)20/h5-8,10-13,15H,2-4,9,14H2,1H3,(H,24,26). The van der Waals surface area contributed by atoms with E-state index in [1.165, 1.54) is 12.8 Å². The van der Waals surface area contributed by atoms with Gasteiger partial charge in [-0.05, 0) is 24.6 Å². The molecule has 3 nitrogen and oxygen atoms in total. The highest BCUT2D eigenvalue weighted by molar-refractivity contribution is 6.33. The zero-order chi connectivity index (χ0) is 18.4. The molecule has 0 fully saturated rings. The third kappa shape index (κ3) is 4.23. The van der Waals surface area contributed by atoms with Crippen LogP contribution in [-0.4, -0.2) is 17.4 Å². The Morgan fingerprint density at radius 2 is 1.81 bits per heavy atom. The Kier molecular flexibility index (Phi) is 6.24. The highest BCUT2D eigenvalue weighted by Gasteiger charge is 2.14. The first-order valence-corrected chi connectivity index (χ1v) is 9.51. The van der Waals surface area contributed by atoms with E-state index in [-0.39, 0.29) is 5.91 Å². The molecule has 1 aromatic heterocycles. The van der Waals surface area contributed by atoms with Gasteiger partial charge in [0.1, 0.15) is 0 Å². The molecular weight excluding hydrogens is 344 g/mol. The van der Waals surface area contributed by atoms with Crippen LogP contribution < -0.4 is 5.32 Å². The number of hydrogen-bond donors (Lipinski definition) is 1. The van der Waals surface area contributed by atoms with Gasteiger partial charge in [-0.1, -0.05) is 74.2 Å². The normalized spacial score (nSPS) is 10.8. The zero-order valence-corrected chi connectivity index (χ0v) is 15.7. The SMILES string of the molecule is CCCCCCNC(=O)c1cc(-c2ccccc2Cl)nc2ccccc12. The van der Waals surface area contributed by atoms with E-state index in [1.54, 1.807) is 0 Å². The first-order chi connectivity index (χ1) is 12.7. The Hall–Kier alpha value is -2.39. The van der Waals surface area contributed by atoms with E-state index in [2.05, 4.69) is 12.2 Å². The summed E-state index contributed by atoms with van der Waals surface area (Å²) < 4.78 is 0. The number of aromatic nitrogens is 1. The second-order valence-corrected chi connectivity index (χ2v) is 6.78. The van der Waals surface area contributed by atoms with Crippen LogP contribution in [0, 0.1) is 0 Å². The number of hydrogen-bond acceptors (Lipinski definition) is 2. The van der Waals surface area contributed by atoms with Crippen molar-refractivity contribution in [2.24, 2.45) is 0 Å². The maximum absolute atomic E-state index is 12.8. The molecule has 0 saturated carbocycles. The van der Waals surface area contributed by atoms with Crippen LogP contribution in [-0.2, 0) is 0 Å². The lowest BCUT2D eigenvalue weighted by molar-refractivity contribution is 0.0954. The van der Waals surface area contributed by atoms with Gasteiger partial charge < -0.3 is 5.32 Å². The number of carbonyl (C=O) groups is 1. The van der Waals surface area contributed by atoms with E-state index in [0.717, 1.165) is 29.3 Å². The summed E-state index contributed by atoms with van der Waals surface area (Å²) in [5.41, 5.74) is 2.98. The fourth-order valence-electron chi connectivity index (χ4n) is 3.02. The fraction of sp³-hybridized carbons (Fsp3) is 0.273. The Balaban J connectivity index is 1.93. The highest BCUT2D eigenvalue weighted by Crippen LogP contribution is 2.29. The summed E-state index contributed by atoms with van der Waals surface area (Å²) >= 11 is 6.33. The van der Waals surface area contributed by atoms with Crippen molar-refractivity contribution in [3.63, 3.8) is 0 Å². The monoisotopic (exact) mass is 366 g/mol. The van der Waals surface area contributed by atoms with Crippen LogP contribution >= 0.6 is 11.6 Å². The minimum Gasteiger partial charge on any atom is -0.352 e. The fourth-order valence-corrected chi connectivity index (χ4v) is 3.25. The Bertz CT molecular complexity index is 908. The van der Waals surface area contributed by atoms with E-state index in [0.29, 0.717) is 22.8 Å². The summed E-state index contributed by atoms with van der Waals surface area (Å²) in [4.78, 5) is 17.5. The minimum atomic E-state index is -0.0617. The highest BCUT2D eigenvalue weighted by atomic mass is 35.5. The molecular formula is C22H23ClN2O. The molecule has 0 unspecified atom stereocenters. The second kappa shape index (κ2) is 8.81. The first-order valence-electron chi connectivity index (χ1n) is 9.13. The van der Waals surface area contributed by atoms with E-state index in [4.69, 9.17) is 16.6 Å². The van der Waals surface area contributed by atoms with Gasteiger partial charge in [0.15, 0.2) is 0 Å². The molecule has 3 aromatic rings. The summed E-state index contributed by atoms with van der Waals surface area (Å²) in [7, 11) is 0. The van der Waals surface area contributed by atoms with Gasteiger partial charge in [0, 0.05) is 22.5 Å².